The molecule has 0 spiro atoms. The zero-order valence-corrected chi connectivity index (χ0v) is 12.0. The standard InChI is InChI=1S/C17H20N2O/c1-18(2)11-13(20)12-19-16-9-5-3-7-14(16)15-8-4-6-10-17(15)19/h3-10,13,20H,11-12H2,1-2H3/p+1/t13-/m1/s1. The van der Waals surface area contributed by atoms with E-state index in [4.69, 9.17) is 0 Å². The van der Waals surface area contributed by atoms with Gasteiger partial charge in [-0.3, -0.25) is 0 Å². The fourth-order valence-corrected chi connectivity index (χ4v) is 2.95. The van der Waals surface area contributed by atoms with E-state index in [0.717, 1.165) is 6.54 Å². The molecule has 2 aromatic carbocycles. The Morgan fingerprint density at radius 2 is 1.45 bits per heavy atom. The maximum absolute atomic E-state index is 10.3. The van der Waals surface area contributed by atoms with Gasteiger partial charge in [-0.15, -0.1) is 0 Å². The van der Waals surface area contributed by atoms with Gasteiger partial charge in [-0.05, 0) is 12.1 Å². The molecular weight excluding hydrogens is 248 g/mol. The van der Waals surface area contributed by atoms with Gasteiger partial charge < -0.3 is 14.6 Å². The lowest BCUT2D eigenvalue weighted by atomic mass is 10.2. The summed E-state index contributed by atoms with van der Waals surface area (Å²) >= 11 is 0. The van der Waals surface area contributed by atoms with Crippen molar-refractivity contribution < 1.29 is 10.0 Å². The SMILES string of the molecule is C[NH+](C)C[C@@H](O)Cn1c2ccccc2c2ccccc21. The fourth-order valence-electron chi connectivity index (χ4n) is 2.95. The lowest BCUT2D eigenvalue weighted by molar-refractivity contribution is -0.861. The Morgan fingerprint density at radius 3 is 1.95 bits per heavy atom. The van der Waals surface area contributed by atoms with E-state index in [1.165, 1.54) is 26.7 Å². The normalized spacial score (nSPS) is 13.4. The predicted octanol–water partition coefficient (Wildman–Crippen LogP) is 1.30. The second kappa shape index (κ2) is 5.27. The molecule has 3 nitrogen and oxygen atoms in total. The maximum Gasteiger partial charge on any atom is 0.121 e. The van der Waals surface area contributed by atoms with Crippen molar-refractivity contribution in [2.75, 3.05) is 20.6 Å². The van der Waals surface area contributed by atoms with Gasteiger partial charge in [0.25, 0.3) is 0 Å². The average molecular weight is 269 g/mol. The minimum Gasteiger partial charge on any atom is -0.385 e. The molecule has 1 aromatic heterocycles. The number of likely N-dealkylation sites (N-methyl/N-ethyl adjacent to an activating group) is 1. The Hall–Kier alpha value is -1.84. The van der Waals surface area contributed by atoms with Gasteiger partial charge in [-0.2, -0.15) is 0 Å². The lowest BCUT2D eigenvalue weighted by Crippen LogP contribution is -3.07. The quantitative estimate of drug-likeness (QED) is 0.734. The van der Waals surface area contributed by atoms with Crippen LogP contribution in [0.15, 0.2) is 48.5 Å². The summed E-state index contributed by atoms with van der Waals surface area (Å²) < 4.78 is 2.23. The number of hydrogen-bond acceptors (Lipinski definition) is 1. The molecule has 104 valence electrons. The van der Waals surface area contributed by atoms with Crippen molar-refractivity contribution in [3.8, 4) is 0 Å². The van der Waals surface area contributed by atoms with Crippen LogP contribution in [0, 0.1) is 0 Å². The summed E-state index contributed by atoms with van der Waals surface area (Å²) in [7, 11) is 4.13. The molecule has 0 unspecified atom stereocenters. The molecule has 0 saturated heterocycles. The van der Waals surface area contributed by atoms with Crippen molar-refractivity contribution in [2.45, 2.75) is 12.6 Å². The molecule has 0 radical (unpaired) electrons. The molecule has 20 heavy (non-hydrogen) atoms. The number of aliphatic hydroxyl groups excluding tert-OH is 1. The highest BCUT2D eigenvalue weighted by Gasteiger charge is 2.14. The van der Waals surface area contributed by atoms with Crippen LogP contribution in [0.4, 0.5) is 0 Å². The number of nitrogens with zero attached hydrogens (tertiary/aromatic N) is 1. The molecule has 3 rings (SSSR count). The molecule has 3 heteroatoms. The number of aromatic nitrogens is 1. The van der Waals surface area contributed by atoms with Crippen LogP contribution < -0.4 is 4.90 Å². The predicted molar refractivity (Wildman–Crippen MR) is 83.1 cm³/mol. The molecule has 2 N–H and O–H groups in total. The molecule has 0 bridgehead atoms. The third kappa shape index (κ3) is 2.30. The van der Waals surface area contributed by atoms with Crippen molar-refractivity contribution in [1.82, 2.24) is 4.57 Å². The van der Waals surface area contributed by atoms with Crippen molar-refractivity contribution in [1.29, 1.82) is 0 Å². The van der Waals surface area contributed by atoms with Gasteiger partial charge in [0.15, 0.2) is 0 Å². The Bertz CT molecular complexity index is 677. The number of hydrogen-bond donors (Lipinski definition) is 2. The van der Waals surface area contributed by atoms with E-state index in [1.54, 1.807) is 0 Å². The van der Waals surface area contributed by atoms with Crippen LogP contribution >= 0.6 is 0 Å². The molecule has 0 fully saturated rings. The number of para-hydroxylation sites is 2. The number of quaternary nitrogens is 1. The van der Waals surface area contributed by atoms with E-state index in [1.807, 2.05) is 0 Å². The first-order valence-electron chi connectivity index (χ1n) is 7.10. The summed E-state index contributed by atoms with van der Waals surface area (Å²) in [6, 6.07) is 16.8. The van der Waals surface area contributed by atoms with Crippen molar-refractivity contribution in [3.63, 3.8) is 0 Å². The molecule has 1 heterocycles. The van der Waals surface area contributed by atoms with Crippen LogP contribution in [0.1, 0.15) is 0 Å². The van der Waals surface area contributed by atoms with Crippen molar-refractivity contribution >= 4 is 21.8 Å². The molecule has 1 atom stereocenters. The van der Waals surface area contributed by atoms with E-state index in [0.29, 0.717) is 6.54 Å². The van der Waals surface area contributed by atoms with Gasteiger partial charge in [-0.25, -0.2) is 0 Å². The number of benzene rings is 2. The van der Waals surface area contributed by atoms with Crippen LogP contribution in [-0.4, -0.2) is 36.4 Å². The van der Waals surface area contributed by atoms with Crippen molar-refractivity contribution in [3.05, 3.63) is 48.5 Å². The summed E-state index contributed by atoms with van der Waals surface area (Å²) in [4.78, 5) is 1.26. The summed E-state index contributed by atoms with van der Waals surface area (Å²) in [6.07, 6.45) is -0.334. The number of nitrogens with one attached hydrogen (secondary N) is 1. The lowest BCUT2D eigenvalue weighted by Gasteiger charge is -2.16. The first-order chi connectivity index (χ1) is 9.66. The van der Waals surface area contributed by atoms with Crippen LogP contribution in [0.3, 0.4) is 0 Å². The second-order valence-electron chi connectivity index (χ2n) is 5.71. The van der Waals surface area contributed by atoms with Gasteiger partial charge in [0.05, 0.1) is 20.6 Å². The monoisotopic (exact) mass is 269 g/mol. The van der Waals surface area contributed by atoms with Crippen LogP contribution in [0.25, 0.3) is 21.8 Å². The number of aliphatic hydroxyl groups is 1. The average Bonchev–Trinajstić information content (AvgIpc) is 2.73. The molecule has 3 aromatic rings. The first kappa shape index (κ1) is 13.2. The maximum atomic E-state index is 10.3. The smallest absolute Gasteiger partial charge is 0.121 e. The summed E-state index contributed by atoms with van der Waals surface area (Å²) in [5.74, 6) is 0. The van der Waals surface area contributed by atoms with Gasteiger partial charge in [0.2, 0.25) is 0 Å². The fraction of sp³-hybridized carbons (Fsp3) is 0.294. The van der Waals surface area contributed by atoms with Crippen LogP contribution in [-0.2, 0) is 6.54 Å². The van der Waals surface area contributed by atoms with Crippen molar-refractivity contribution in [2.24, 2.45) is 0 Å². The molecule has 0 saturated carbocycles. The Kier molecular flexibility index (Phi) is 3.47. The minimum absolute atomic E-state index is 0.334. The van der Waals surface area contributed by atoms with Gasteiger partial charge >= 0.3 is 0 Å². The second-order valence-corrected chi connectivity index (χ2v) is 5.71. The molecule has 0 aliphatic heterocycles. The summed E-state index contributed by atoms with van der Waals surface area (Å²) in [5.41, 5.74) is 2.39. The van der Waals surface area contributed by atoms with Gasteiger partial charge in [-0.1, -0.05) is 36.4 Å². The van der Waals surface area contributed by atoms with E-state index < -0.39 is 0 Å². The van der Waals surface area contributed by atoms with Gasteiger partial charge in [0.1, 0.15) is 12.6 Å². The highest BCUT2D eigenvalue weighted by Crippen LogP contribution is 2.28. The highest BCUT2D eigenvalue weighted by atomic mass is 16.3. The zero-order chi connectivity index (χ0) is 14.1. The molecule has 0 aliphatic rings. The Balaban J connectivity index is 2.12. The topological polar surface area (TPSA) is 29.6 Å². The summed E-state index contributed by atoms with van der Waals surface area (Å²) in [5, 5.41) is 12.8. The van der Waals surface area contributed by atoms with E-state index >= 15 is 0 Å². The third-order valence-electron chi connectivity index (χ3n) is 3.72. The minimum atomic E-state index is -0.334. The highest BCUT2D eigenvalue weighted by molar-refractivity contribution is 6.07. The zero-order valence-electron chi connectivity index (χ0n) is 12.0. The number of fused-ring (bicyclic) bond motifs is 3. The Morgan fingerprint density at radius 1 is 0.950 bits per heavy atom. The van der Waals surface area contributed by atoms with Crippen LogP contribution in [0.2, 0.25) is 0 Å². The molecule has 0 aliphatic carbocycles. The largest absolute Gasteiger partial charge is 0.385 e. The Labute approximate surface area is 119 Å². The molecular formula is C17H21N2O+. The first-order valence-corrected chi connectivity index (χ1v) is 7.10. The van der Waals surface area contributed by atoms with Gasteiger partial charge in [0, 0.05) is 21.8 Å². The summed E-state index contributed by atoms with van der Waals surface area (Å²) in [6.45, 7) is 1.39. The molecule has 0 amide bonds. The van der Waals surface area contributed by atoms with E-state index in [-0.39, 0.29) is 6.10 Å². The van der Waals surface area contributed by atoms with Crippen LogP contribution in [0.5, 0.6) is 0 Å². The third-order valence-corrected chi connectivity index (χ3v) is 3.72. The van der Waals surface area contributed by atoms with E-state index in [2.05, 4.69) is 67.2 Å². The van der Waals surface area contributed by atoms with E-state index in [9.17, 15) is 5.11 Å². The number of rotatable bonds is 4.